The third-order valence-corrected chi connectivity index (χ3v) is 1.18. The molecule has 0 aromatic rings. The molecular formula is C9H16O. The Kier molecular flexibility index (Phi) is 3.20. The molecular weight excluding hydrogens is 124 g/mol. The van der Waals surface area contributed by atoms with Gasteiger partial charge in [-0.1, -0.05) is 33.4 Å². The second-order valence-corrected chi connectivity index (χ2v) is 3.26. The number of ether oxygens (including phenoxy) is 1. The summed E-state index contributed by atoms with van der Waals surface area (Å²) in [6.45, 7) is 11.9. The number of hydrogen-bond acceptors (Lipinski definition) is 1. The molecule has 1 heteroatoms. The number of hydrogen-bond donors (Lipinski definition) is 0. The topological polar surface area (TPSA) is 9.23 Å². The fourth-order valence-electron chi connectivity index (χ4n) is 0.327. The molecule has 0 saturated heterocycles. The second-order valence-electron chi connectivity index (χ2n) is 3.26. The maximum absolute atomic E-state index is 5.18. The summed E-state index contributed by atoms with van der Waals surface area (Å²) >= 11 is 0. The molecule has 0 radical (unpaired) electrons. The summed E-state index contributed by atoms with van der Waals surface area (Å²) in [6, 6.07) is 0. The van der Waals surface area contributed by atoms with Gasteiger partial charge in [0, 0.05) is 5.41 Å². The van der Waals surface area contributed by atoms with Crippen LogP contribution < -0.4 is 0 Å². The van der Waals surface area contributed by atoms with Crippen LogP contribution in [0.2, 0.25) is 0 Å². The van der Waals surface area contributed by atoms with Crippen molar-refractivity contribution in [2.45, 2.75) is 27.7 Å². The molecule has 0 spiro atoms. The van der Waals surface area contributed by atoms with Crippen molar-refractivity contribution in [2.75, 3.05) is 0 Å². The van der Waals surface area contributed by atoms with Gasteiger partial charge in [-0.05, 0) is 6.92 Å². The molecule has 0 aliphatic rings. The summed E-state index contributed by atoms with van der Waals surface area (Å²) in [6.07, 6.45) is 3.49. The van der Waals surface area contributed by atoms with Crippen LogP contribution >= 0.6 is 0 Å². The average molecular weight is 140 g/mol. The largest absolute Gasteiger partial charge is 0.470 e. The van der Waals surface area contributed by atoms with Gasteiger partial charge >= 0.3 is 0 Å². The second kappa shape index (κ2) is 3.45. The van der Waals surface area contributed by atoms with Crippen LogP contribution in [0.3, 0.4) is 0 Å². The first kappa shape index (κ1) is 9.28. The molecule has 0 aliphatic carbocycles. The molecule has 0 heterocycles. The summed E-state index contributed by atoms with van der Waals surface area (Å²) in [5.41, 5.74) is 0.0412. The smallest absolute Gasteiger partial charge is 0.101 e. The van der Waals surface area contributed by atoms with Crippen molar-refractivity contribution in [3.63, 3.8) is 0 Å². The molecule has 10 heavy (non-hydrogen) atoms. The molecule has 1 nitrogen and oxygen atoms in total. The third-order valence-electron chi connectivity index (χ3n) is 1.18. The average Bonchev–Trinajstić information content (AvgIpc) is 1.80. The van der Waals surface area contributed by atoms with Gasteiger partial charge < -0.3 is 4.74 Å². The van der Waals surface area contributed by atoms with Gasteiger partial charge in [-0.2, -0.15) is 0 Å². The van der Waals surface area contributed by atoms with Gasteiger partial charge in [0.1, 0.15) is 5.76 Å². The van der Waals surface area contributed by atoms with Crippen LogP contribution in [0.4, 0.5) is 0 Å². The Bertz CT molecular complexity index is 137. The molecule has 0 N–H and O–H groups in total. The van der Waals surface area contributed by atoms with Crippen molar-refractivity contribution in [3.05, 3.63) is 24.7 Å². The van der Waals surface area contributed by atoms with Gasteiger partial charge in [-0.15, -0.1) is 0 Å². The Balaban J connectivity index is 3.86. The standard InChI is InChI=1S/C9H16O/c1-6-7-10-8(2)9(3,4)5/h6-7H,2H2,1,3-5H3. The quantitative estimate of drug-likeness (QED) is 0.535. The Morgan fingerprint density at radius 3 is 2.20 bits per heavy atom. The highest BCUT2D eigenvalue weighted by Gasteiger charge is 2.15. The fraction of sp³-hybridized carbons (Fsp3) is 0.556. The molecule has 0 fully saturated rings. The lowest BCUT2D eigenvalue weighted by molar-refractivity contribution is 0.248. The van der Waals surface area contributed by atoms with Crippen molar-refractivity contribution >= 4 is 0 Å². The highest BCUT2D eigenvalue weighted by atomic mass is 16.5. The molecule has 0 unspecified atom stereocenters. The number of allylic oxidation sites excluding steroid dienone is 2. The third kappa shape index (κ3) is 3.33. The van der Waals surface area contributed by atoms with Crippen molar-refractivity contribution in [2.24, 2.45) is 5.41 Å². The maximum Gasteiger partial charge on any atom is 0.101 e. The molecule has 0 amide bonds. The van der Waals surface area contributed by atoms with Crippen molar-refractivity contribution in [1.82, 2.24) is 0 Å². The van der Waals surface area contributed by atoms with E-state index in [9.17, 15) is 0 Å². The van der Waals surface area contributed by atoms with Crippen molar-refractivity contribution in [1.29, 1.82) is 0 Å². The Morgan fingerprint density at radius 1 is 1.40 bits per heavy atom. The monoisotopic (exact) mass is 140 g/mol. The minimum Gasteiger partial charge on any atom is -0.470 e. The van der Waals surface area contributed by atoms with E-state index < -0.39 is 0 Å². The molecule has 0 bridgehead atoms. The molecule has 0 aromatic carbocycles. The van der Waals surface area contributed by atoms with E-state index in [4.69, 9.17) is 4.74 Å². The van der Waals surface area contributed by atoms with E-state index >= 15 is 0 Å². The van der Waals surface area contributed by atoms with Crippen molar-refractivity contribution < 1.29 is 4.74 Å². The molecule has 0 atom stereocenters. The van der Waals surface area contributed by atoms with E-state index in [-0.39, 0.29) is 5.41 Å². The Labute approximate surface area is 63.4 Å². The first-order chi connectivity index (χ1) is 4.48. The molecule has 0 saturated carbocycles. The minimum absolute atomic E-state index is 0.0412. The zero-order chi connectivity index (χ0) is 8.20. The van der Waals surface area contributed by atoms with E-state index in [1.807, 2.05) is 13.0 Å². The van der Waals surface area contributed by atoms with Gasteiger partial charge in [-0.25, -0.2) is 0 Å². The van der Waals surface area contributed by atoms with E-state index in [0.29, 0.717) is 0 Å². The van der Waals surface area contributed by atoms with Crippen LogP contribution in [-0.4, -0.2) is 0 Å². The van der Waals surface area contributed by atoms with E-state index in [1.165, 1.54) is 0 Å². The molecule has 0 aliphatic heterocycles. The minimum atomic E-state index is 0.0412. The number of rotatable bonds is 2. The molecule has 58 valence electrons. The van der Waals surface area contributed by atoms with Crippen LogP contribution in [-0.2, 0) is 4.74 Å². The van der Waals surface area contributed by atoms with Crippen molar-refractivity contribution in [3.8, 4) is 0 Å². The van der Waals surface area contributed by atoms with Gasteiger partial charge in [0.05, 0.1) is 6.26 Å². The predicted octanol–water partition coefficient (Wildman–Crippen LogP) is 3.10. The lowest BCUT2D eigenvalue weighted by Gasteiger charge is -2.19. The van der Waals surface area contributed by atoms with Crippen LogP contribution in [0.15, 0.2) is 24.7 Å². The fourth-order valence-corrected chi connectivity index (χ4v) is 0.327. The Morgan fingerprint density at radius 2 is 1.90 bits per heavy atom. The van der Waals surface area contributed by atoms with Gasteiger partial charge in [0.2, 0.25) is 0 Å². The van der Waals surface area contributed by atoms with Crippen LogP contribution in [0, 0.1) is 5.41 Å². The zero-order valence-electron chi connectivity index (χ0n) is 7.27. The van der Waals surface area contributed by atoms with Gasteiger partial charge in [-0.3, -0.25) is 0 Å². The van der Waals surface area contributed by atoms with Crippen LogP contribution in [0.5, 0.6) is 0 Å². The van der Waals surface area contributed by atoms with Gasteiger partial charge in [0.15, 0.2) is 0 Å². The molecule has 0 rings (SSSR count). The SMILES string of the molecule is C=C(OC=CC)C(C)(C)C. The zero-order valence-corrected chi connectivity index (χ0v) is 7.27. The first-order valence-electron chi connectivity index (χ1n) is 3.45. The highest BCUT2D eigenvalue weighted by Crippen LogP contribution is 2.24. The summed E-state index contributed by atoms with van der Waals surface area (Å²) in [7, 11) is 0. The summed E-state index contributed by atoms with van der Waals surface area (Å²) < 4.78 is 5.18. The van der Waals surface area contributed by atoms with E-state index in [0.717, 1.165) is 5.76 Å². The summed E-state index contributed by atoms with van der Waals surface area (Å²) in [5, 5.41) is 0. The lowest BCUT2D eigenvalue weighted by Crippen LogP contribution is -2.08. The van der Waals surface area contributed by atoms with E-state index in [1.54, 1.807) is 6.26 Å². The Hall–Kier alpha value is -0.720. The van der Waals surface area contributed by atoms with Gasteiger partial charge in [0.25, 0.3) is 0 Å². The molecule has 0 aromatic heterocycles. The lowest BCUT2D eigenvalue weighted by atomic mass is 9.95. The normalized spacial score (nSPS) is 12.0. The maximum atomic E-state index is 5.18. The van der Waals surface area contributed by atoms with Crippen LogP contribution in [0.25, 0.3) is 0 Å². The van der Waals surface area contributed by atoms with Crippen LogP contribution in [0.1, 0.15) is 27.7 Å². The predicted molar refractivity (Wildman–Crippen MR) is 44.5 cm³/mol. The summed E-state index contributed by atoms with van der Waals surface area (Å²) in [4.78, 5) is 0. The van der Waals surface area contributed by atoms with E-state index in [2.05, 4.69) is 27.4 Å². The first-order valence-corrected chi connectivity index (χ1v) is 3.45. The highest BCUT2D eigenvalue weighted by molar-refractivity contribution is 4.97. The summed E-state index contributed by atoms with van der Waals surface area (Å²) in [5.74, 6) is 0.797.